The van der Waals surface area contributed by atoms with Gasteiger partial charge in [0.1, 0.15) is 6.10 Å². The van der Waals surface area contributed by atoms with Crippen molar-refractivity contribution in [3.05, 3.63) is 24.3 Å². The fraction of sp³-hybridized carbons (Fsp3) is 0.611. The second kappa shape index (κ2) is 5.82. The molecule has 1 amide bonds. The van der Waals surface area contributed by atoms with Crippen molar-refractivity contribution in [2.45, 2.75) is 39.2 Å². The van der Waals surface area contributed by atoms with Crippen LogP contribution in [0.1, 0.15) is 33.1 Å². The molecule has 0 saturated heterocycles. The lowest BCUT2D eigenvalue weighted by molar-refractivity contribution is -0.130. The van der Waals surface area contributed by atoms with Crippen LogP contribution in [0.2, 0.25) is 0 Å². The first-order chi connectivity index (χ1) is 10.5. The van der Waals surface area contributed by atoms with Gasteiger partial charge >= 0.3 is 0 Å². The number of para-hydroxylation sites is 2. The lowest BCUT2D eigenvalue weighted by Gasteiger charge is -2.26. The Morgan fingerprint density at radius 2 is 1.95 bits per heavy atom. The normalized spacial score (nSPS) is 30.3. The zero-order chi connectivity index (χ0) is 15.7. The number of amides is 1. The summed E-state index contributed by atoms with van der Waals surface area (Å²) in [6, 6.07) is 7.56. The van der Waals surface area contributed by atoms with Gasteiger partial charge in [0.15, 0.2) is 11.5 Å². The van der Waals surface area contributed by atoms with E-state index in [0.29, 0.717) is 18.0 Å². The average Bonchev–Trinajstić information content (AvgIpc) is 3.13. The standard InChI is InChI=1S/C18H25NO3/c1-12(22-16-7-5-4-6-15(16)21-3)11-19-17(20)18(2)9-13-8-14(13)10-18/h4-7,12-14H,8-11H2,1-3H3,(H,19,20). The molecule has 3 atom stereocenters. The molecule has 22 heavy (non-hydrogen) atoms. The number of methoxy groups -OCH3 is 1. The van der Waals surface area contributed by atoms with Crippen molar-refractivity contribution in [2.75, 3.05) is 13.7 Å². The van der Waals surface area contributed by atoms with Crippen molar-refractivity contribution in [3.8, 4) is 11.5 Å². The number of fused-ring (bicyclic) bond motifs is 1. The molecule has 1 N–H and O–H groups in total. The van der Waals surface area contributed by atoms with Crippen LogP contribution in [0.15, 0.2) is 24.3 Å². The largest absolute Gasteiger partial charge is 0.493 e. The fourth-order valence-electron chi connectivity index (χ4n) is 3.66. The Hall–Kier alpha value is -1.71. The highest BCUT2D eigenvalue weighted by Crippen LogP contribution is 2.59. The maximum Gasteiger partial charge on any atom is 0.226 e. The summed E-state index contributed by atoms with van der Waals surface area (Å²) in [5.74, 6) is 3.20. The van der Waals surface area contributed by atoms with Crippen LogP contribution >= 0.6 is 0 Å². The Morgan fingerprint density at radius 3 is 2.59 bits per heavy atom. The van der Waals surface area contributed by atoms with Crippen molar-refractivity contribution in [1.29, 1.82) is 0 Å². The van der Waals surface area contributed by atoms with Gasteiger partial charge in [0.2, 0.25) is 5.91 Å². The summed E-state index contributed by atoms with van der Waals surface area (Å²) in [4.78, 5) is 12.4. The first kappa shape index (κ1) is 15.2. The van der Waals surface area contributed by atoms with E-state index in [-0.39, 0.29) is 17.4 Å². The summed E-state index contributed by atoms with van der Waals surface area (Å²) in [7, 11) is 1.63. The van der Waals surface area contributed by atoms with Gasteiger partial charge in [0, 0.05) is 5.41 Å². The number of hydrogen-bond donors (Lipinski definition) is 1. The maximum atomic E-state index is 12.4. The molecule has 0 bridgehead atoms. The highest BCUT2D eigenvalue weighted by atomic mass is 16.5. The van der Waals surface area contributed by atoms with E-state index in [0.717, 1.165) is 24.7 Å². The van der Waals surface area contributed by atoms with Gasteiger partial charge in [-0.3, -0.25) is 4.79 Å². The summed E-state index contributed by atoms with van der Waals surface area (Å²) in [5.41, 5.74) is -0.169. The molecule has 0 spiro atoms. The molecule has 0 radical (unpaired) electrons. The number of nitrogens with one attached hydrogen (secondary N) is 1. The molecule has 4 heteroatoms. The minimum atomic E-state index is -0.169. The molecular weight excluding hydrogens is 278 g/mol. The third-order valence-corrected chi connectivity index (χ3v) is 4.99. The summed E-state index contributed by atoms with van der Waals surface area (Å²) in [6.45, 7) is 4.57. The lowest BCUT2D eigenvalue weighted by Crippen LogP contribution is -2.42. The molecule has 2 aliphatic carbocycles. The third kappa shape index (κ3) is 3.06. The van der Waals surface area contributed by atoms with Crippen molar-refractivity contribution in [1.82, 2.24) is 5.32 Å². The maximum absolute atomic E-state index is 12.4. The highest BCUT2D eigenvalue weighted by Gasteiger charge is 2.54. The van der Waals surface area contributed by atoms with Crippen LogP contribution in [0.5, 0.6) is 11.5 Å². The molecule has 120 valence electrons. The molecule has 2 saturated carbocycles. The van der Waals surface area contributed by atoms with Crippen molar-refractivity contribution in [2.24, 2.45) is 17.3 Å². The van der Waals surface area contributed by atoms with Gasteiger partial charge < -0.3 is 14.8 Å². The van der Waals surface area contributed by atoms with Crippen LogP contribution in [0.3, 0.4) is 0 Å². The van der Waals surface area contributed by atoms with E-state index in [4.69, 9.17) is 9.47 Å². The third-order valence-electron chi connectivity index (χ3n) is 4.99. The van der Waals surface area contributed by atoms with Gasteiger partial charge in [0.25, 0.3) is 0 Å². The minimum absolute atomic E-state index is 0.0974. The van der Waals surface area contributed by atoms with Gasteiger partial charge in [-0.1, -0.05) is 19.1 Å². The van der Waals surface area contributed by atoms with E-state index in [2.05, 4.69) is 12.2 Å². The molecule has 0 heterocycles. The van der Waals surface area contributed by atoms with Crippen molar-refractivity contribution in [3.63, 3.8) is 0 Å². The monoisotopic (exact) mass is 303 g/mol. The van der Waals surface area contributed by atoms with Gasteiger partial charge in [-0.15, -0.1) is 0 Å². The second-order valence-electron chi connectivity index (χ2n) is 7.01. The molecule has 1 aromatic rings. The molecule has 3 unspecified atom stereocenters. The predicted molar refractivity (Wildman–Crippen MR) is 85.0 cm³/mol. The topological polar surface area (TPSA) is 47.6 Å². The molecule has 1 aromatic carbocycles. The molecule has 2 fully saturated rings. The Morgan fingerprint density at radius 1 is 1.32 bits per heavy atom. The van der Waals surface area contributed by atoms with Crippen LogP contribution in [-0.2, 0) is 4.79 Å². The summed E-state index contributed by atoms with van der Waals surface area (Å²) < 4.78 is 11.1. The Labute approximate surface area is 132 Å². The van der Waals surface area contributed by atoms with Crippen molar-refractivity contribution >= 4 is 5.91 Å². The minimum Gasteiger partial charge on any atom is -0.493 e. The lowest BCUT2D eigenvalue weighted by atomic mass is 9.84. The van der Waals surface area contributed by atoms with Gasteiger partial charge in [-0.05, 0) is 50.2 Å². The van der Waals surface area contributed by atoms with E-state index in [1.54, 1.807) is 7.11 Å². The number of ether oxygens (including phenoxy) is 2. The highest BCUT2D eigenvalue weighted by molar-refractivity contribution is 5.82. The van der Waals surface area contributed by atoms with Crippen LogP contribution in [0.25, 0.3) is 0 Å². The number of carbonyl (C=O) groups is 1. The van der Waals surface area contributed by atoms with E-state index in [1.807, 2.05) is 31.2 Å². The smallest absolute Gasteiger partial charge is 0.226 e. The zero-order valence-electron chi connectivity index (χ0n) is 13.6. The number of carbonyl (C=O) groups excluding carboxylic acids is 1. The van der Waals surface area contributed by atoms with E-state index in [1.165, 1.54) is 6.42 Å². The van der Waals surface area contributed by atoms with Gasteiger partial charge in [-0.25, -0.2) is 0 Å². The predicted octanol–water partition coefficient (Wildman–Crippen LogP) is 3.01. The Balaban J connectivity index is 1.50. The van der Waals surface area contributed by atoms with E-state index in [9.17, 15) is 4.79 Å². The van der Waals surface area contributed by atoms with Crippen LogP contribution in [-0.4, -0.2) is 25.7 Å². The average molecular weight is 303 g/mol. The van der Waals surface area contributed by atoms with Crippen LogP contribution < -0.4 is 14.8 Å². The number of rotatable bonds is 6. The zero-order valence-corrected chi connectivity index (χ0v) is 13.6. The summed E-state index contributed by atoms with van der Waals surface area (Å²) >= 11 is 0. The number of benzene rings is 1. The fourth-order valence-corrected chi connectivity index (χ4v) is 3.66. The van der Waals surface area contributed by atoms with Gasteiger partial charge in [0.05, 0.1) is 13.7 Å². The number of hydrogen-bond acceptors (Lipinski definition) is 3. The SMILES string of the molecule is COc1ccccc1OC(C)CNC(=O)C1(C)CC2CC2C1. The quantitative estimate of drug-likeness (QED) is 0.879. The Bertz CT molecular complexity index is 547. The molecule has 2 aliphatic rings. The molecule has 4 nitrogen and oxygen atoms in total. The van der Waals surface area contributed by atoms with Crippen LogP contribution in [0, 0.1) is 17.3 Å². The molecule has 0 aliphatic heterocycles. The van der Waals surface area contributed by atoms with Crippen LogP contribution in [0.4, 0.5) is 0 Å². The molecule has 0 aromatic heterocycles. The van der Waals surface area contributed by atoms with E-state index < -0.39 is 0 Å². The first-order valence-electron chi connectivity index (χ1n) is 8.10. The second-order valence-corrected chi connectivity index (χ2v) is 7.01. The first-order valence-corrected chi connectivity index (χ1v) is 8.10. The molecular formula is C18H25NO3. The van der Waals surface area contributed by atoms with Gasteiger partial charge in [-0.2, -0.15) is 0 Å². The Kier molecular flexibility index (Phi) is 4.02. The summed E-state index contributed by atoms with van der Waals surface area (Å²) in [6.07, 6.45) is 3.33. The molecule has 3 rings (SSSR count). The van der Waals surface area contributed by atoms with E-state index >= 15 is 0 Å². The summed E-state index contributed by atoms with van der Waals surface area (Å²) in [5, 5.41) is 3.06. The van der Waals surface area contributed by atoms with Crippen molar-refractivity contribution < 1.29 is 14.3 Å².